The molecule has 2 atom stereocenters. The molecule has 2 rings (SSSR count). The Bertz CT molecular complexity index is 438. The van der Waals surface area contributed by atoms with Crippen molar-refractivity contribution in [3.8, 4) is 0 Å². The van der Waals surface area contributed by atoms with Gasteiger partial charge in [-0.3, -0.25) is 4.90 Å². The molecule has 112 valence electrons. The van der Waals surface area contributed by atoms with Crippen LogP contribution in [0.25, 0.3) is 0 Å². The van der Waals surface area contributed by atoms with Gasteiger partial charge in [0.1, 0.15) is 0 Å². The molecule has 1 aliphatic heterocycles. The molecule has 1 aliphatic rings. The van der Waals surface area contributed by atoms with Crippen LogP contribution in [0, 0.1) is 0 Å². The Hall–Kier alpha value is -0.0900. The van der Waals surface area contributed by atoms with Gasteiger partial charge in [0.25, 0.3) is 0 Å². The SMILES string of the molecule is CCCC1CN(Cc2ccc(Br)cc2Cl)C(C)CCN1. The van der Waals surface area contributed by atoms with E-state index in [9.17, 15) is 0 Å². The van der Waals surface area contributed by atoms with Gasteiger partial charge in [0.2, 0.25) is 0 Å². The second kappa shape index (κ2) is 7.79. The Labute approximate surface area is 136 Å². The Balaban J connectivity index is 2.07. The molecule has 0 bridgehead atoms. The summed E-state index contributed by atoms with van der Waals surface area (Å²) in [5, 5.41) is 4.53. The van der Waals surface area contributed by atoms with E-state index in [1.807, 2.05) is 6.07 Å². The zero-order valence-corrected chi connectivity index (χ0v) is 14.7. The van der Waals surface area contributed by atoms with Crippen molar-refractivity contribution in [2.75, 3.05) is 13.1 Å². The minimum atomic E-state index is 0.601. The van der Waals surface area contributed by atoms with Gasteiger partial charge >= 0.3 is 0 Å². The fraction of sp³-hybridized carbons (Fsp3) is 0.625. The zero-order valence-electron chi connectivity index (χ0n) is 12.3. The van der Waals surface area contributed by atoms with Gasteiger partial charge in [-0.15, -0.1) is 0 Å². The number of rotatable bonds is 4. The highest BCUT2D eigenvalue weighted by molar-refractivity contribution is 9.10. The predicted octanol–water partition coefficient (Wildman–Crippen LogP) is 4.46. The Morgan fingerprint density at radius 1 is 1.45 bits per heavy atom. The Morgan fingerprint density at radius 2 is 2.25 bits per heavy atom. The normalized spacial score (nSPS) is 24.6. The second-order valence-electron chi connectivity index (χ2n) is 5.74. The summed E-state index contributed by atoms with van der Waals surface area (Å²) >= 11 is 9.83. The maximum atomic E-state index is 6.36. The number of halogens is 2. The van der Waals surface area contributed by atoms with Crippen molar-refractivity contribution in [1.29, 1.82) is 0 Å². The van der Waals surface area contributed by atoms with Crippen LogP contribution in [-0.2, 0) is 6.54 Å². The maximum Gasteiger partial charge on any atom is 0.0462 e. The zero-order chi connectivity index (χ0) is 14.5. The summed E-state index contributed by atoms with van der Waals surface area (Å²) in [6.07, 6.45) is 3.69. The number of nitrogens with zero attached hydrogens (tertiary/aromatic N) is 1. The van der Waals surface area contributed by atoms with Crippen molar-refractivity contribution in [3.63, 3.8) is 0 Å². The van der Waals surface area contributed by atoms with E-state index in [2.05, 4.69) is 52.1 Å². The minimum absolute atomic E-state index is 0.601. The standard InChI is InChI=1S/C16H24BrClN2/c1-3-4-15-11-20(12(2)7-8-19-15)10-13-5-6-14(17)9-16(13)18/h5-6,9,12,15,19H,3-4,7-8,10-11H2,1-2H3. The monoisotopic (exact) mass is 358 g/mol. The summed E-state index contributed by atoms with van der Waals surface area (Å²) in [4.78, 5) is 2.56. The molecule has 20 heavy (non-hydrogen) atoms. The van der Waals surface area contributed by atoms with Crippen molar-refractivity contribution in [3.05, 3.63) is 33.3 Å². The lowest BCUT2D eigenvalue weighted by Crippen LogP contribution is -2.39. The molecule has 0 saturated carbocycles. The third-order valence-corrected chi connectivity index (χ3v) is 4.94. The molecule has 1 fully saturated rings. The van der Waals surface area contributed by atoms with E-state index in [0.29, 0.717) is 12.1 Å². The summed E-state index contributed by atoms with van der Waals surface area (Å²) < 4.78 is 1.04. The van der Waals surface area contributed by atoms with E-state index in [1.165, 1.54) is 24.8 Å². The first-order valence-electron chi connectivity index (χ1n) is 7.51. The molecule has 0 amide bonds. The number of benzene rings is 1. The van der Waals surface area contributed by atoms with Crippen LogP contribution in [0.1, 0.15) is 38.7 Å². The van der Waals surface area contributed by atoms with E-state index >= 15 is 0 Å². The van der Waals surface area contributed by atoms with E-state index in [-0.39, 0.29) is 0 Å². The van der Waals surface area contributed by atoms with Gasteiger partial charge in [-0.2, -0.15) is 0 Å². The third-order valence-electron chi connectivity index (χ3n) is 4.10. The molecule has 1 saturated heterocycles. The van der Waals surface area contributed by atoms with Gasteiger partial charge in [-0.25, -0.2) is 0 Å². The fourth-order valence-corrected chi connectivity index (χ4v) is 3.57. The van der Waals surface area contributed by atoms with Crippen LogP contribution in [-0.4, -0.2) is 30.1 Å². The van der Waals surface area contributed by atoms with Crippen molar-refractivity contribution < 1.29 is 0 Å². The molecule has 1 heterocycles. The molecule has 2 nitrogen and oxygen atoms in total. The average molecular weight is 360 g/mol. The Kier molecular flexibility index (Phi) is 6.34. The lowest BCUT2D eigenvalue weighted by Gasteiger charge is -2.29. The summed E-state index contributed by atoms with van der Waals surface area (Å²) in [6, 6.07) is 7.40. The second-order valence-corrected chi connectivity index (χ2v) is 7.07. The lowest BCUT2D eigenvalue weighted by molar-refractivity contribution is 0.193. The smallest absolute Gasteiger partial charge is 0.0462 e. The van der Waals surface area contributed by atoms with Gasteiger partial charge in [0.15, 0.2) is 0 Å². The number of nitrogens with one attached hydrogen (secondary N) is 1. The minimum Gasteiger partial charge on any atom is -0.313 e. The number of hydrogen-bond donors (Lipinski definition) is 1. The first-order chi connectivity index (χ1) is 9.60. The van der Waals surface area contributed by atoms with Crippen LogP contribution >= 0.6 is 27.5 Å². The van der Waals surface area contributed by atoms with Crippen LogP contribution < -0.4 is 5.32 Å². The van der Waals surface area contributed by atoms with Crippen molar-refractivity contribution >= 4 is 27.5 Å². The lowest BCUT2D eigenvalue weighted by atomic mass is 10.1. The molecule has 1 aromatic rings. The third kappa shape index (κ3) is 4.45. The van der Waals surface area contributed by atoms with Crippen molar-refractivity contribution in [1.82, 2.24) is 10.2 Å². The average Bonchev–Trinajstić information content (AvgIpc) is 2.56. The number of hydrogen-bond acceptors (Lipinski definition) is 2. The quantitative estimate of drug-likeness (QED) is 0.854. The summed E-state index contributed by atoms with van der Waals surface area (Å²) in [7, 11) is 0. The molecular formula is C16H24BrClN2. The van der Waals surface area contributed by atoms with Crippen molar-refractivity contribution in [2.24, 2.45) is 0 Å². The molecule has 1 N–H and O–H groups in total. The molecule has 2 unspecified atom stereocenters. The topological polar surface area (TPSA) is 15.3 Å². The van der Waals surface area contributed by atoms with E-state index in [0.717, 1.165) is 29.1 Å². The van der Waals surface area contributed by atoms with Gasteiger partial charge in [0, 0.05) is 34.7 Å². The van der Waals surface area contributed by atoms with Crippen LogP contribution in [0.3, 0.4) is 0 Å². The van der Waals surface area contributed by atoms with Gasteiger partial charge in [-0.1, -0.05) is 46.9 Å². The Morgan fingerprint density at radius 3 is 2.95 bits per heavy atom. The van der Waals surface area contributed by atoms with E-state index < -0.39 is 0 Å². The predicted molar refractivity (Wildman–Crippen MR) is 90.3 cm³/mol. The largest absolute Gasteiger partial charge is 0.313 e. The first-order valence-corrected chi connectivity index (χ1v) is 8.68. The highest BCUT2D eigenvalue weighted by atomic mass is 79.9. The summed E-state index contributed by atoms with van der Waals surface area (Å²) in [5.74, 6) is 0. The highest BCUT2D eigenvalue weighted by Crippen LogP contribution is 2.24. The molecule has 0 spiro atoms. The first kappa shape index (κ1) is 16.3. The highest BCUT2D eigenvalue weighted by Gasteiger charge is 2.22. The molecule has 0 aromatic heterocycles. The van der Waals surface area contributed by atoms with E-state index in [4.69, 9.17) is 11.6 Å². The van der Waals surface area contributed by atoms with Gasteiger partial charge in [0.05, 0.1) is 0 Å². The molecule has 0 radical (unpaired) electrons. The summed E-state index contributed by atoms with van der Waals surface area (Å²) in [6.45, 7) is 7.75. The van der Waals surface area contributed by atoms with Crippen LogP contribution in [0.2, 0.25) is 5.02 Å². The van der Waals surface area contributed by atoms with Crippen molar-refractivity contribution in [2.45, 2.75) is 51.7 Å². The molecule has 4 heteroatoms. The van der Waals surface area contributed by atoms with E-state index in [1.54, 1.807) is 0 Å². The van der Waals surface area contributed by atoms with Crippen LogP contribution in [0.4, 0.5) is 0 Å². The summed E-state index contributed by atoms with van der Waals surface area (Å²) in [5.41, 5.74) is 1.22. The van der Waals surface area contributed by atoms with Crippen LogP contribution in [0.15, 0.2) is 22.7 Å². The van der Waals surface area contributed by atoms with Gasteiger partial charge < -0.3 is 5.32 Å². The van der Waals surface area contributed by atoms with Gasteiger partial charge in [-0.05, 0) is 44.0 Å². The molecular weight excluding hydrogens is 336 g/mol. The fourth-order valence-electron chi connectivity index (χ4n) is 2.84. The maximum absolute atomic E-state index is 6.36. The van der Waals surface area contributed by atoms with Crippen LogP contribution in [0.5, 0.6) is 0 Å². The molecule has 0 aliphatic carbocycles. The molecule has 1 aromatic carbocycles.